The second-order valence-electron chi connectivity index (χ2n) is 17.4. The van der Waals surface area contributed by atoms with Crippen LogP contribution in [0.2, 0.25) is 0 Å². The first-order chi connectivity index (χ1) is 32.7. The van der Waals surface area contributed by atoms with Gasteiger partial charge in [0.1, 0.15) is 6.17 Å². The molecule has 0 bridgehead atoms. The highest BCUT2D eigenvalue weighted by atomic mass is 15.1. The van der Waals surface area contributed by atoms with Crippen LogP contribution in [0.5, 0.6) is 0 Å². The number of para-hydroxylation sites is 1. The van der Waals surface area contributed by atoms with Crippen LogP contribution in [0.4, 0.5) is 0 Å². The molecule has 0 spiro atoms. The van der Waals surface area contributed by atoms with Crippen LogP contribution < -0.4 is 5.32 Å². The highest BCUT2D eigenvalue weighted by Gasteiger charge is 2.46. The lowest BCUT2D eigenvalue weighted by molar-refractivity contribution is 0.664. The van der Waals surface area contributed by atoms with Crippen molar-refractivity contribution in [2.24, 2.45) is 4.99 Å². The molecule has 2 heterocycles. The third-order valence-corrected chi connectivity index (χ3v) is 13.9. The number of hydrogen-bond acceptors (Lipinski definition) is 2. The van der Waals surface area contributed by atoms with Crippen molar-refractivity contribution in [3.8, 4) is 27.9 Å². The minimum absolute atomic E-state index is 0.297. The van der Waals surface area contributed by atoms with Crippen LogP contribution in [0.3, 0.4) is 0 Å². The minimum Gasteiger partial charge on any atom is -0.359 e. The lowest BCUT2D eigenvalue weighted by Crippen LogP contribution is -2.29. The van der Waals surface area contributed by atoms with E-state index in [9.17, 15) is 0 Å². The summed E-state index contributed by atoms with van der Waals surface area (Å²) in [6.45, 7) is 0. The van der Waals surface area contributed by atoms with Crippen LogP contribution in [0.25, 0.3) is 66.2 Å². The number of allylic oxidation sites excluding steroid dienone is 1. The number of hydrogen-bond donors (Lipinski definition) is 1. The van der Waals surface area contributed by atoms with Gasteiger partial charge in [-0.2, -0.15) is 0 Å². The molecule has 66 heavy (non-hydrogen) atoms. The molecular formula is C63H43N3. The lowest BCUT2D eigenvalue weighted by Gasteiger charge is -2.34. The van der Waals surface area contributed by atoms with Gasteiger partial charge in [-0.25, -0.2) is 0 Å². The van der Waals surface area contributed by atoms with Gasteiger partial charge in [0.2, 0.25) is 0 Å². The summed E-state index contributed by atoms with van der Waals surface area (Å²) in [5, 5.41) is 8.74. The number of rotatable bonds is 7. The summed E-state index contributed by atoms with van der Waals surface area (Å²) < 4.78 is 2.45. The van der Waals surface area contributed by atoms with Crippen molar-refractivity contribution in [3.63, 3.8) is 0 Å². The Hall–Kier alpha value is -8.53. The number of nitrogens with zero attached hydrogens (tertiary/aromatic N) is 2. The van der Waals surface area contributed by atoms with Gasteiger partial charge in [-0.15, -0.1) is 0 Å². The van der Waals surface area contributed by atoms with Crippen molar-refractivity contribution < 1.29 is 0 Å². The molecule has 0 amide bonds. The highest BCUT2D eigenvalue weighted by Crippen LogP contribution is 2.56. The lowest BCUT2D eigenvalue weighted by atomic mass is 9.67. The van der Waals surface area contributed by atoms with Crippen LogP contribution in [0.1, 0.15) is 45.1 Å². The van der Waals surface area contributed by atoms with Gasteiger partial charge >= 0.3 is 0 Å². The molecule has 10 aromatic carbocycles. The van der Waals surface area contributed by atoms with E-state index in [1.165, 1.54) is 77.1 Å². The van der Waals surface area contributed by atoms with E-state index in [0.29, 0.717) is 0 Å². The Labute approximate surface area is 384 Å². The average Bonchev–Trinajstić information content (AvgIpc) is 3.89. The third kappa shape index (κ3) is 5.87. The highest BCUT2D eigenvalue weighted by molar-refractivity contribution is 6.16. The molecule has 3 heteroatoms. The summed E-state index contributed by atoms with van der Waals surface area (Å²) in [4.78, 5) is 5.53. The average molecular weight is 842 g/mol. The largest absolute Gasteiger partial charge is 0.359 e. The van der Waals surface area contributed by atoms with E-state index >= 15 is 0 Å². The molecule has 11 aromatic rings. The maximum Gasteiger partial charge on any atom is 0.145 e. The van der Waals surface area contributed by atoms with Crippen molar-refractivity contribution in [3.05, 3.63) is 288 Å². The topological polar surface area (TPSA) is 29.3 Å². The molecule has 3 nitrogen and oxygen atoms in total. The summed E-state index contributed by atoms with van der Waals surface area (Å²) in [5.74, 6) is 0. The van der Waals surface area contributed by atoms with Crippen LogP contribution in [-0.2, 0) is 5.41 Å². The SMILES string of the molecule is C1=C(c2ccc(-n3c4ccccc4c4cc(-c5ccccc5)ccc43)c3ccccc23)NC(c2ccccc2)N=C1c1ccc2c(c1)C(c1ccccc1)(c1ccccc1)c1ccccc1-2. The van der Waals surface area contributed by atoms with E-state index < -0.39 is 5.41 Å². The number of nitrogens with one attached hydrogen (secondary N) is 1. The molecule has 1 aliphatic carbocycles. The van der Waals surface area contributed by atoms with Crippen molar-refractivity contribution in [1.29, 1.82) is 0 Å². The van der Waals surface area contributed by atoms with Crippen molar-refractivity contribution in [2.75, 3.05) is 0 Å². The van der Waals surface area contributed by atoms with E-state index in [2.05, 4.69) is 259 Å². The van der Waals surface area contributed by atoms with Crippen LogP contribution in [-0.4, -0.2) is 10.3 Å². The monoisotopic (exact) mass is 841 g/mol. The first-order valence-corrected chi connectivity index (χ1v) is 22.8. The maximum atomic E-state index is 5.53. The van der Waals surface area contributed by atoms with E-state index in [1.54, 1.807) is 0 Å². The number of benzene rings is 10. The molecule has 1 unspecified atom stereocenters. The van der Waals surface area contributed by atoms with E-state index in [4.69, 9.17) is 4.99 Å². The van der Waals surface area contributed by atoms with Crippen molar-refractivity contribution >= 4 is 44.0 Å². The van der Waals surface area contributed by atoms with Gasteiger partial charge in [-0.1, -0.05) is 212 Å². The fourth-order valence-electron chi connectivity index (χ4n) is 11.0. The second-order valence-corrected chi connectivity index (χ2v) is 17.4. The Bertz CT molecular complexity index is 3680. The summed E-state index contributed by atoms with van der Waals surface area (Å²) in [5.41, 5.74) is 18.3. The Balaban J connectivity index is 0.993. The molecule has 0 fully saturated rings. The molecule has 0 saturated carbocycles. The predicted molar refractivity (Wildman–Crippen MR) is 274 cm³/mol. The minimum atomic E-state index is -0.509. The summed E-state index contributed by atoms with van der Waals surface area (Å²) in [7, 11) is 0. The van der Waals surface area contributed by atoms with Gasteiger partial charge < -0.3 is 9.88 Å². The van der Waals surface area contributed by atoms with Crippen LogP contribution >= 0.6 is 0 Å². The van der Waals surface area contributed by atoms with Gasteiger partial charge in [-0.05, 0) is 91.9 Å². The van der Waals surface area contributed by atoms with Gasteiger partial charge in [0.05, 0.1) is 27.8 Å². The van der Waals surface area contributed by atoms with Crippen molar-refractivity contribution in [2.45, 2.75) is 11.6 Å². The summed E-state index contributed by atoms with van der Waals surface area (Å²) >= 11 is 0. The summed E-state index contributed by atoms with van der Waals surface area (Å²) in [6, 6.07) is 88.4. The molecule has 13 rings (SSSR count). The van der Waals surface area contributed by atoms with Crippen molar-refractivity contribution in [1.82, 2.24) is 9.88 Å². The first-order valence-electron chi connectivity index (χ1n) is 22.8. The van der Waals surface area contributed by atoms with Gasteiger partial charge in [0, 0.05) is 33.0 Å². The molecule has 1 atom stereocenters. The zero-order chi connectivity index (χ0) is 43.6. The van der Waals surface area contributed by atoms with E-state index in [-0.39, 0.29) is 6.17 Å². The molecule has 1 aliphatic heterocycles. The quantitative estimate of drug-likeness (QED) is 0.170. The smallest absolute Gasteiger partial charge is 0.145 e. The molecule has 310 valence electrons. The second kappa shape index (κ2) is 15.3. The maximum absolute atomic E-state index is 5.53. The fraction of sp³-hybridized carbons (Fsp3) is 0.0317. The molecule has 0 saturated heterocycles. The zero-order valence-electron chi connectivity index (χ0n) is 36.1. The molecule has 1 N–H and O–H groups in total. The molecular weight excluding hydrogens is 799 g/mol. The van der Waals surface area contributed by atoms with Gasteiger partial charge in [-0.3, -0.25) is 4.99 Å². The predicted octanol–water partition coefficient (Wildman–Crippen LogP) is 15.1. The number of fused-ring (bicyclic) bond motifs is 7. The molecule has 2 aliphatic rings. The number of aliphatic imine (C=N–C) groups is 1. The number of aromatic nitrogens is 1. The Kier molecular flexibility index (Phi) is 8.82. The van der Waals surface area contributed by atoms with E-state index in [1.807, 2.05) is 0 Å². The van der Waals surface area contributed by atoms with Gasteiger partial charge in [0.25, 0.3) is 0 Å². The molecule has 1 aromatic heterocycles. The fourth-order valence-corrected chi connectivity index (χ4v) is 11.0. The van der Waals surface area contributed by atoms with Crippen LogP contribution in [0.15, 0.2) is 254 Å². The van der Waals surface area contributed by atoms with Crippen LogP contribution in [0, 0.1) is 0 Å². The van der Waals surface area contributed by atoms with Gasteiger partial charge in [0.15, 0.2) is 0 Å². The first kappa shape index (κ1) is 38.0. The van der Waals surface area contributed by atoms with E-state index in [0.717, 1.165) is 33.8 Å². The summed E-state index contributed by atoms with van der Waals surface area (Å²) in [6.07, 6.45) is 1.97. The Morgan fingerprint density at radius 1 is 0.394 bits per heavy atom. The normalized spacial score (nSPS) is 14.9. The Morgan fingerprint density at radius 3 is 1.73 bits per heavy atom. The molecule has 0 radical (unpaired) electrons. The zero-order valence-corrected chi connectivity index (χ0v) is 36.1. The third-order valence-electron chi connectivity index (χ3n) is 13.9. The standard InChI is InChI=1S/C63H43N3/c1-5-19-42(20-6-1)44-34-37-61-54(39-44)53-30-16-18-32-59(53)66(61)60-38-36-51(48-27-13-14-29-52(48)60)58-41-57(64-62(65-58)43-21-7-2-8-22-43)45-33-35-50-49-28-15-17-31-55(49)63(56(50)40-45,46-23-9-3-10-24-46)47-25-11-4-12-26-47/h1-41,62,65H. The Morgan fingerprint density at radius 2 is 0.970 bits per heavy atom.